The van der Waals surface area contributed by atoms with Crippen molar-refractivity contribution in [3.05, 3.63) is 31.3 Å². The van der Waals surface area contributed by atoms with Crippen molar-refractivity contribution in [3.8, 4) is 0 Å². The van der Waals surface area contributed by atoms with E-state index in [1.165, 1.54) is 0 Å². The Kier molecular flexibility index (Phi) is 1.21. The zero-order valence-electron chi connectivity index (χ0n) is 6.12. The van der Waals surface area contributed by atoms with E-state index in [0.717, 1.165) is 0 Å². The van der Waals surface area contributed by atoms with Crippen LogP contribution in [0.3, 0.4) is 0 Å². The van der Waals surface area contributed by atoms with E-state index >= 15 is 0 Å². The largest absolute Gasteiger partial charge is 0.421 e. The van der Waals surface area contributed by atoms with Crippen molar-refractivity contribution >= 4 is 11.2 Å². The van der Waals surface area contributed by atoms with Gasteiger partial charge in [0.2, 0.25) is 0 Å². The lowest BCUT2D eigenvalue weighted by atomic mass is 10.5. The molecule has 4 N–H and O–H groups in total. The molecular weight excluding hydrogens is 180 g/mol. The highest BCUT2D eigenvalue weighted by atomic mass is 16.5. The molecule has 0 unspecified atom stereocenters. The lowest BCUT2D eigenvalue weighted by Gasteiger charge is -1.91. The van der Waals surface area contributed by atoms with Crippen molar-refractivity contribution in [2.75, 3.05) is 0 Å². The third kappa shape index (κ3) is 0.883. The van der Waals surface area contributed by atoms with E-state index in [1.54, 1.807) is 0 Å². The molecule has 13 heavy (non-hydrogen) atoms. The van der Waals surface area contributed by atoms with Crippen molar-refractivity contribution in [2.45, 2.75) is 0 Å². The summed E-state index contributed by atoms with van der Waals surface area (Å²) in [6.45, 7) is 0. The van der Waals surface area contributed by atoms with Gasteiger partial charge in [-0.05, 0) is 0 Å². The summed E-state index contributed by atoms with van der Waals surface area (Å²) in [5.74, 6) is 0. The Hall–Kier alpha value is -2.25. The minimum absolute atomic E-state index is 0.0368. The predicted octanol–water partition coefficient (Wildman–Crippen LogP) is -2.06. The number of H-pyrrole nitrogens is 3. The molecular formula is C5H4N4O4. The molecule has 2 aromatic heterocycles. The lowest BCUT2D eigenvalue weighted by Crippen LogP contribution is -2.33. The van der Waals surface area contributed by atoms with Gasteiger partial charge in [-0.15, -0.1) is 0 Å². The minimum atomic E-state index is -1.01. The van der Waals surface area contributed by atoms with Gasteiger partial charge in [0, 0.05) is 0 Å². The fourth-order valence-corrected chi connectivity index (χ4v) is 0.995. The highest BCUT2D eigenvalue weighted by Crippen LogP contribution is 1.90. The Morgan fingerprint density at radius 1 is 1.08 bits per heavy atom. The first-order chi connectivity index (χ1) is 6.09. The van der Waals surface area contributed by atoms with Crippen molar-refractivity contribution in [1.82, 2.24) is 19.7 Å². The molecule has 0 aliphatic heterocycles. The Bertz CT molecular complexity index is 626. The molecule has 8 heteroatoms. The first kappa shape index (κ1) is 7.40. The highest BCUT2D eigenvalue weighted by Gasteiger charge is 2.08. The first-order valence-corrected chi connectivity index (χ1v) is 3.26. The standard InChI is InChI=1S/C5H4N4O4/c10-3-1-2(7-4(11)6-1)8-5(12)9(3)13/h13H,(H,8,12)(H2,6,7,11). The topological polar surface area (TPSA) is 124 Å². The molecule has 0 aromatic carbocycles. The van der Waals surface area contributed by atoms with E-state index in [0.29, 0.717) is 0 Å². The molecule has 0 aliphatic carbocycles. The van der Waals surface area contributed by atoms with E-state index < -0.39 is 16.9 Å². The maximum atomic E-state index is 11.1. The summed E-state index contributed by atoms with van der Waals surface area (Å²) in [4.78, 5) is 38.9. The van der Waals surface area contributed by atoms with Crippen LogP contribution in [0.5, 0.6) is 0 Å². The van der Waals surface area contributed by atoms with Crippen LogP contribution in [0.2, 0.25) is 0 Å². The van der Waals surface area contributed by atoms with E-state index in [4.69, 9.17) is 5.21 Å². The molecule has 2 aromatic rings. The predicted molar refractivity (Wildman–Crippen MR) is 41.0 cm³/mol. The van der Waals surface area contributed by atoms with Crippen LogP contribution in [0.1, 0.15) is 0 Å². The molecule has 2 heterocycles. The van der Waals surface area contributed by atoms with Gasteiger partial charge in [0.1, 0.15) is 5.65 Å². The lowest BCUT2D eigenvalue weighted by molar-refractivity contribution is 0.162. The number of imidazole rings is 1. The molecule has 8 nitrogen and oxygen atoms in total. The Morgan fingerprint density at radius 3 is 2.46 bits per heavy atom. The number of fused-ring (bicyclic) bond motifs is 1. The van der Waals surface area contributed by atoms with Gasteiger partial charge in [-0.1, -0.05) is 4.73 Å². The maximum Gasteiger partial charge on any atom is 0.363 e. The molecule has 0 saturated carbocycles. The summed E-state index contributed by atoms with van der Waals surface area (Å²) in [5, 5.41) is 8.84. The van der Waals surface area contributed by atoms with Crippen LogP contribution in [0.25, 0.3) is 11.2 Å². The smallest absolute Gasteiger partial charge is 0.363 e. The summed E-state index contributed by atoms with van der Waals surface area (Å²) in [6.07, 6.45) is 0. The molecule has 0 radical (unpaired) electrons. The molecule has 0 spiro atoms. The van der Waals surface area contributed by atoms with Gasteiger partial charge in [-0.2, -0.15) is 0 Å². The van der Waals surface area contributed by atoms with Gasteiger partial charge in [0.05, 0.1) is 0 Å². The third-order valence-corrected chi connectivity index (χ3v) is 1.56. The highest BCUT2D eigenvalue weighted by molar-refractivity contribution is 5.67. The van der Waals surface area contributed by atoms with Gasteiger partial charge in [-0.3, -0.25) is 19.7 Å². The van der Waals surface area contributed by atoms with Crippen LogP contribution in [-0.4, -0.2) is 24.9 Å². The zero-order chi connectivity index (χ0) is 9.59. The second-order valence-electron chi connectivity index (χ2n) is 2.38. The Morgan fingerprint density at radius 2 is 1.77 bits per heavy atom. The van der Waals surface area contributed by atoms with Crippen LogP contribution in [0, 0.1) is 0 Å². The van der Waals surface area contributed by atoms with Crippen LogP contribution >= 0.6 is 0 Å². The quantitative estimate of drug-likeness (QED) is 0.351. The number of nitrogens with one attached hydrogen (secondary N) is 3. The maximum absolute atomic E-state index is 11.1. The van der Waals surface area contributed by atoms with Gasteiger partial charge in [0.15, 0.2) is 5.52 Å². The monoisotopic (exact) mass is 184 g/mol. The van der Waals surface area contributed by atoms with Gasteiger partial charge < -0.3 is 5.21 Å². The number of rotatable bonds is 0. The molecule has 0 bridgehead atoms. The van der Waals surface area contributed by atoms with Crippen molar-refractivity contribution in [1.29, 1.82) is 0 Å². The normalized spacial score (nSPS) is 10.8. The van der Waals surface area contributed by atoms with E-state index in [1.807, 2.05) is 0 Å². The van der Waals surface area contributed by atoms with Crippen molar-refractivity contribution < 1.29 is 5.21 Å². The number of aromatic nitrogens is 4. The average Bonchev–Trinajstić information content (AvgIpc) is 2.42. The van der Waals surface area contributed by atoms with Crippen LogP contribution in [-0.2, 0) is 0 Å². The number of nitrogens with zero attached hydrogens (tertiary/aromatic N) is 1. The molecule has 0 atom stereocenters. The first-order valence-electron chi connectivity index (χ1n) is 3.26. The van der Waals surface area contributed by atoms with Crippen LogP contribution in [0.15, 0.2) is 14.4 Å². The number of aromatic amines is 3. The fourth-order valence-electron chi connectivity index (χ4n) is 0.995. The summed E-state index contributed by atoms with van der Waals surface area (Å²) in [6, 6.07) is 0. The van der Waals surface area contributed by atoms with Gasteiger partial charge in [-0.25, -0.2) is 9.59 Å². The van der Waals surface area contributed by atoms with Gasteiger partial charge in [0.25, 0.3) is 0 Å². The Balaban J connectivity index is 3.19. The average molecular weight is 184 g/mol. The van der Waals surface area contributed by atoms with Gasteiger partial charge >= 0.3 is 16.9 Å². The minimum Gasteiger partial charge on any atom is -0.421 e. The summed E-state index contributed by atoms with van der Waals surface area (Å²) < 4.78 is -0.119. The Labute approximate surface area is 68.4 Å². The molecule has 68 valence electrons. The molecule has 2 rings (SSSR count). The van der Waals surface area contributed by atoms with Crippen LogP contribution in [0.4, 0.5) is 0 Å². The third-order valence-electron chi connectivity index (χ3n) is 1.56. The second kappa shape index (κ2) is 2.12. The van der Waals surface area contributed by atoms with Crippen molar-refractivity contribution in [2.24, 2.45) is 0 Å². The van der Waals surface area contributed by atoms with E-state index in [2.05, 4.69) is 15.0 Å². The van der Waals surface area contributed by atoms with E-state index in [-0.39, 0.29) is 15.9 Å². The molecule has 0 amide bonds. The number of hydrogen-bond acceptors (Lipinski definition) is 4. The second-order valence-corrected chi connectivity index (χ2v) is 2.38. The summed E-state index contributed by atoms with van der Waals surface area (Å²) in [5.41, 5.74) is -2.82. The van der Waals surface area contributed by atoms with Crippen LogP contribution < -0.4 is 16.9 Å². The molecule has 0 fully saturated rings. The SMILES string of the molecule is O=c1[nH]c2[nH]c(=O)n(O)c(=O)c2[nH]1. The van der Waals surface area contributed by atoms with Crippen molar-refractivity contribution in [3.63, 3.8) is 0 Å². The zero-order valence-corrected chi connectivity index (χ0v) is 6.12. The number of hydrogen-bond donors (Lipinski definition) is 4. The summed E-state index contributed by atoms with van der Waals surface area (Å²) in [7, 11) is 0. The fraction of sp³-hybridized carbons (Fsp3) is 0. The molecule has 0 aliphatic rings. The van der Waals surface area contributed by atoms with E-state index in [9.17, 15) is 14.4 Å². The summed E-state index contributed by atoms with van der Waals surface area (Å²) >= 11 is 0. The molecule has 0 saturated heterocycles.